The van der Waals surface area contributed by atoms with Crippen LogP contribution in [0, 0.1) is 11.8 Å². The fourth-order valence-electron chi connectivity index (χ4n) is 2.33. The molecule has 1 aliphatic heterocycles. The quantitative estimate of drug-likeness (QED) is 0.343. The van der Waals surface area contributed by atoms with E-state index in [-0.39, 0.29) is 6.04 Å². The first-order valence-corrected chi connectivity index (χ1v) is 4.16. The standard InChI is InChI=1S/C7H12N4/c8-11-10-7-2-1-5-3-9-4-6(5)7/h5-7,9H,1-4H2. The molecule has 2 rings (SSSR count). The number of azide groups is 1. The molecule has 3 atom stereocenters. The Morgan fingerprint density at radius 3 is 3.09 bits per heavy atom. The number of hydrogen-bond acceptors (Lipinski definition) is 2. The molecule has 11 heavy (non-hydrogen) atoms. The van der Waals surface area contributed by atoms with Crippen LogP contribution in [0.3, 0.4) is 0 Å². The van der Waals surface area contributed by atoms with Crippen LogP contribution in [0.5, 0.6) is 0 Å². The number of nitrogens with one attached hydrogen (secondary N) is 1. The fourth-order valence-corrected chi connectivity index (χ4v) is 2.33. The third-order valence-corrected chi connectivity index (χ3v) is 2.92. The maximum atomic E-state index is 8.28. The molecule has 1 saturated carbocycles. The summed E-state index contributed by atoms with van der Waals surface area (Å²) in [5.41, 5.74) is 8.28. The molecule has 4 heteroatoms. The topological polar surface area (TPSA) is 60.8 Å². The molecule has 1 heterocycles. The molecule has 4 nitrogen and oxygen atoms in total. The Hall–Kier alpha value is -0.730. The van der Waals surface area contributed by atoms with Gasteiger partial charge < -0.3 is 5.32 Å². The Balaban J connectivity index is 2.08. The number of hydrogen-bond donors (Lipinski definition) is 1. The predicted octanol–water partition coefficient (Wildman–Crippen LogP) is 1.29. The van der Waals surface area contributed by atoms with E-state index in [1.165, 1.54) is 6.42 Å². The molecule has 0 aromatic rings. The highest BCUT2D eigenvalue weighted by Crippen LogP contribution is 2.36. The smallest absolute Gasteiger partial charge is 0.0417 e. The van der Waals surface area contributed by atoms with Gasteiger partial charge in [-0.3, -0.25) is 0 Å². The van der Waals surface area contributed by atoms with Crippen LogP contribution in [-0.4, -0.2) is 19.1 Å². The second kappa shape index (κ2) is 2.72. The van der Waals surface area contributed by atoms with Crippen LogP contribution in [-0.2, 0) is 0 Å². The van der Waals surface area contributed by atoms with Gasteiger partial charge in [-0.2, -0.15) is 0 Å². The van der Waals surface area contributed by atoms with Crippen LogP contribution in [0.15, 0.2) is 5.11 Å². The molecule has 3 unspecified atom stereocenters. The summed E-state index contributed by atoms with van der Waals surface area (Å²) in [4.78, 5) is 2.88. The van der Waals surface area contributed by atoms with Crippen LogP contribution >= 0.6 is 0 Å². The summed E-state index contributed by atoms with van der Waals surface area (Å²) in [5.74, 6) is 1.41. The zero-order valence-electron chi connectivity index (χ0n) is 6.40. The van der Waals surface area contributed by atoms with Gasteiger partial charge >= 0.3 is 0 Å². The zero-order chi connectivity index (χ0) is 7.68. The number of nitrogens with zero attached hydrogens (tertiary/aromatic N) is 3. The van der Waals surface area contributed by atoms with Crippen LogP contribution in [0.1, 0.15) is 12.8 Å². The van der Waals surface area contributed by atoms with Crippen molar-refractivity contribution in [3.63, 3.8) is 0 Å². The largest absolute Gasteiger partial charge is 0.316 e. The van der Waals surface area contributed by atoms with Gasteiger partial charge in [0.05, 0.1) is 0 Å². The SMILES string of the molecule is [N-]=[N+]=NC1CCC2CNCC21. The lowest BCUT2D eigenvalue weighted by Crippen LogP contribution is -2.18. The Morgan fingerprint density at radius 2 is 2.27 bits per heavy atom. The molecule has 0 spiro atoms. The van der Waals surface area contributed by atoms with Crippen LogP contribution in [0.2, 0.25) is 0 Å². The van der Waals surface area contributed by atoms with E-state index in [9.17, 15) is 0 Å². The second-order valence-electron chi connectivity index (χ2n) is 3.43. The first-order valence-electron chi connectivity index (χ1n) is 4.16. The molecule has 0 radical (unpaired) electrons. The maximum absolute atomic E-state index is 8.28. The van der Waals surface area contributed by atoms with Crippen molar-refractivity contribution in [2.45, 2.75) is 18.9 Å². The summed E-state index contributed by atoms with van der Waals surface area (Å²) >= 11 is 0. The monoisotopic (exact) mass is 152 g/mol. The Labute approximate surface area is 65.6 Å². The lowest BCUT2D eigenvalue weighted by Gasteiger charge is -2.10. The normalized spacial score (nSPS) is 41.6. The lowest BCUT2D eigenvalue weighted by molar-refractivity contribution is 0.452. The first kappa shape index (κ1) is 6.95. The van der Waals surface area contributed by atoms with Crippen LogP contribution in [0.25, 0.3) is 10.4 Å². The highest BCUT2D eigenvalue weighted by atomic mass is 15.2. The second-order valence-corrected chi connectivity index (χ2v) is 3.43. The van der Waals surface area contributed by atoms with Crippen molar-refractivity contribution in [1.82, 2.24) is 5.32 Å². The van der Waals surface area contributed by atoms with Gasteiger partial charge in [0.25, 0.3) is 0 Å². The minimum absolute atomic E-state index is 0.278. The number of fused-ring (bicyclic) bond motifs is 1. The molecule has 60 valence electrons. The van der Waals surface area contributed by atoms with Crippen molar-refractivity contribution in [3.8, 4) is 0 Å². The van der Waals surface area contributed by atoms with Gasteiger partial charge in [0, 0.05) is 11.0 Å². The van der Waals surface area contributed by atoms with Crippen molar-refractivity contribution in [3.05, 3.63) is 10.4 Å². The van der Waals surface area contributed by atoms with E-state index in [1.807, 2.05) is 0 Å². The van der Waals surface area contributed by atoms with Gasteiger partial charge in [-0.15, -0.1) is 0 Å². The zero-order valence-corrected chi connectivity index (χ0v) is 6.40. The molecule has 0 aromatic heterocycles. The van der Waals surface area contributed by atoms with E-state index >= 15 is 0 Å². The highest BCUT2D eigenvalue weighted by molar-refractivity contribution is 4.95. The number of rotatable bonds is 1. The van der Waals surface area contributed by atoms with E-state index < -0.39 is 0 Å². The summed E-state index contributed by atoms with van der Waals surface area (Å²) in [7, 11) is 0. The summed E-state index contributed by atoms with van der Waals surface area (Å²) < 4.78 is 0. The minimum atomic E-state index is 0.278. The molecule has 0 bridgehead atoms. The Morgan fingerprint density at radius 1 is 1.36 bits per heavy atom. The molecule has 0 amide bonds. The van der Waals surface area contributed by atoms with Crippen molar-refractivity contribution < 1.29 is 0 Å². The molecule has 1 N–H and O–H groups in total. The summed E-state index contributed by atoms with van der Waals surface area (Å²) in [6.45, 7) is 2.18. The van der Waals surface area contributed by atoms with E-state index in [0.29, 0.717) is 5.92 Å². The van der Waals surface area contributed by atoms with Crippen LogP contribution < -0.4 is 5.32 Å². The van der Waals surface area contributed by atoms with Gasteiger partial charge in [-0.05, 0) is 43.3 Å². The van der Waals surface area contributed by atoms with Gasteiger partial charge in [-0.1, -0.05) is 5.11 Å². The molecule has 1 saturated heterocycles. The summed E-state index contributed by atoms with van der Waals surface area (Å²) in [6.07, 6.45) is 2.34. The fraction of sp³-hybridized carbons (Fsp3) is 1.00. The van der Waals surface area contributed by atoms with E-state index in [1.54, 1.807) is 0 Å². The molecular weight excluding hydrogens is 140 g/mol. The molecule has 2 aliphatic rings. The van der Waals surface area contributed by atoms with Crippen molar-refractivity contribution >= 4 is 0 Å². The highest BCUT2D eigenvalue weighted by Gasteiger charge is 2.38. The van der Waals surface area contributed by atoms with Crippen molar-refractivity contribution in [1.29, 1.82) is 0 Å². The van der Waals surface area contributed by atoms with Gasteiger partial charge in [-0.25, -0.2) is 0 Å². The van der Waals surface area contributed by atoms with E-state index in [2.05, 4.69) is 15.3 Å². The van der Waals surface area contributed by atoms with Crippen LogP contribution in [0.4, 0.5) is 0 Å². The first-order chi connectivity index (χ1) is 5.42. The lowest BCUT2D eigenvalue weighted by atomic mass is 9.98. The Bertz CT molecular complexity index is 197. The van der Waals surface area contributed by atoms with E-state index in [0.717, 1.165) is 25.4 Å². The Kier molecular flexibility index (Phi) is 1.72. The van der Waals surface area contributed by atoms with Gasteiger partial charge in [0.1, 0.15) is 0 Å². The van der Waals surface area contributed by atoms with E-state index in [4.69, 9.17) is 5.53 Å². The van der Waals surface area contributed by atoms with Crippen molar-refractivity contribution in [2.24, 2.45) is 17.0 Å². The van der Waals surface area contributed by atoms with Gasteiger partial charge in [0.15, 0.2) is 0 Å². The molecule has 0 aromatic carbocycles. The minimum Gasteiger partial charge on any atom is -0.316 e. The predicted molar refractivity (Wildman–Crippen MR) is 42.0 cm³/mol. The summed E-state index contributed by atoms with van der Waals surface area (Å²) in [6, 6.07) is 0.278. The third kappa shape index (κ3) is 1.08. The molecule has 2 fully saturated rings. The maximum Gasteiger partial charge on any atom is 0.0417 e. The third-order valence-electron chi connectivity index (χ3n) is 2.92. The average molecular weight is 152 g/mol. The van der Waals surface area contributed by atoms with Crippen molar-refractivity contribution in [2.75, 3.05) is 13.1 Å². The average Bonchev–Trinajstić information content (AvgIpc) is 2.53. The summed E-state index contributed by atoms with van der Waals surface area (Å²) in [5, 5.41) is 7.14. The molecular formula is C7H12N4. The molecule has 1 aliphatic carbocycles. The van der Waals surface area contributed by atoms with Gasteiger partial charge in [0.2, 0.25) is 0 Å².